The maximum atomic E-state index is 11.0. The van der Waals surface area contributed by atoms with Gasteiger partial charge in [0.1, 0.15) is 0 Å². The highest BCUT2D eigenvalue weighted by Gasteiger charge is 2.33. The quantitative estimate of drug-likeness (QED) is 0.260. The van der Waals surface area contributed by atoms with E-state index in [2.05, 4.69) is 6.58 Å². The van der Waals surface area contributed by atoms with Gasteiger partial charge in [-0.2, -0.15) is 0 Å². The van der Waals surface area contributed by atoms with E-state index in [-0.39, 0.29) is 17.8 Å². The summed E-state index contributed by atoms with van der Waals surface area (Å²) in [4.78, 5) is 11.0. The maximum absolute atomic E-state index is 11.0. The van der Waals surface area contributed by atoms with Crippen LogP contribution in [0.5, 0.6) is 0 Å². The number of aliphatic hydroxyl groups is 3. The van der Waals surface area contributed by atoms with Gasteiger partial charge >= 0.3 is 0 Å². The van der Waals surface area contributed by atoms with Gasteiger partial charge in [-0.1, -0.05) is 19.6 Å². The third kappa shape index (κ3) is 3.04. The van der Waals surface area contributed by atoms with E-state index in [1.165, 1.54) is 0 Å². The molecule has 0 radical (unpaired) electrons. The van der Waals surface area contributed by atoms with E-state index in [0.29, 0.717) is 0 Å². The lowest BCUT2D eigenvalue weighted by atomic mass is 10.0. The van der Waals surface area contributed by atoms with Crippen LogP contribution in [0.1, 0.15) is 13.3 Å². The van der Waals surface area contributed by atoms with E-state index in [1.807, 2.05) is 0 Å². The average Bonchev–Trinajstić information content (AvgIpc) is 2.12. The number of hydrogen-bond acceptors (Lipinski definition) is 5. The molecule has 0 fully saturated rings. The summed E-state index contributed by atoms with van der Waals surface area (Å²) in [7, 11) is 0. The maximum Gasteiger partial charge on any atom is 0.230 e. The van der Waals surface area contributed by atoms with E-state index in [4.69, 9.17) is 10.8 Å². The first-order valence-electron chi connectivity index (χ1n) is 4.12. The molecular formula is C9H15NO4. The summed E-state index contributed by atoms with van der Waals surface area (Å²) in [5.74, 6) is -2.96. The first-order valence-corrected chi connectivity index (χ1v) is 4.12. The Labute approximate surface area is 82.2 Å². The van der Waals surface area contributed by atoms with Gasteiger partial charge in [0.25, 0.3) is 0 Å². The molecule has 14 heavy (non-hydrogen) atoms. The number of allylic oxidation sites excluding steroid dienone is 1. The molecule has 0 spiro atoms. The van der Waals surface area contributed by atoms with Crippen LogP contribution in [0.3, 0.4) is 0 Å². The molecule has 1 atom stereocenters. The minimum Gasteiger partial charge on any atom is -0.373 e. The molecule has 0 aliphatic heterocycles. The van der Waals surface area contributed by atoms with Crippen LogP contribution in [0.2, 0.25) is 0 Å². The van der Waals surface area contributed by atoms with Gasteiger partial charge in [-0.3, -0.25) is 4.79 Å². The topological polar surface area (TPSA) is 104 Å². The first kappa shape index (κ1) is 13.0. The molecule has 0 rings (SSSR count). The molecule has 1 unspecified atom stereocenters. The second kappa shape index (κ2) is 5.02. The van der Waals surface area contributed by atoms with Crippen molar-refractivity contribution in [1.29, 1.82) is 0 Å². The number of rotatable bonds is 5. The van der Waals surface area contributed by atoms with Crippen molar-refractivity contribution >= 4 is 5.78 Å². The minimum absolute atomic E-state index is 0.216. The molecule has 5 N–H and O–H groups in total. The molecule has 0 heterocycles. The van der Waals surface area contributed by atoms with Gasteiger partial charge in [0, 0.05) is 12.0 Å². The summed E-state index contributed by atoms with van der Waals surface area (Å²) in [5.41, 5.74) is 4.70. The molecule has 0 bridgehead atoms. The van der Waals surface area contributed by atoms with Crippen LogP contribution in [-0.4, -0.2) is 33.1 Å². The Balaban J connectivity index is 4.98. The summed E-state index contributed by atoms with van der Waals surface area (Å²) >= 11 is 0. The zero-order valence-electron chi connectivity index (χ0n) is 7.97. The summed E-state index contributed by atoms with van der Waals surface area (Å²) in [5, 5.41) is 27.4. The van der Waals surface area contributed by atoms with Gasteiger partial charge in [0.05, 0.1) is 0 Å². The third-order valence-electron chi connectivity index (χ3n) is 1.72. The standard InChI is InChI=1S/C9H15NO4/c1-3-6(5-7(11)4-2)9(13,14)8(10)12/h3,5,8,12-14H,1,4,10H2,2H3/b6-5+. The molecule has 5 heteroatoms. The van der Waals surface area contributed by atoms with Crippen molar-refractivity contribution in [3.63, 3.8) is 0 Å². The smallest absolute Gasteiger partial charge is 0.230 e. The largest absolute Gasteiger partial charge is 0.373 e. The second-order valence-corrected chi connectivity index (χ2v) is 2.79. The number of carbonyl (C=O) groups excluding carboxylic acids is 1. The number of carbonyl (C=O) groups is 1. The number of hydrogen-bond donors (Lipinski definition) is 4. The van der Waals surface area contributed by atoms with Crippen LogP contribution in [-0.2, 0) is 4.79 Å². The van der Waals surface area contributed by atoms with Crippen molar-refractivity contribution in [2.24, 2.45) is 5.73 Å². The van der Waals surface area contributed by atoms with Crippen molar-refractivity contribution in [3.05, 3.63) is 24.3 Å². The molecule has 80 valence electrons. The minimum atomic E-state index is -2.65. The molecule has 0 aromatic heterocycles. The van der Waals surface area contributed by atoms with Crippen LogP contribution in [0.4, 0.5) is 0 Å². The molecular weight excluding hydrogens is 186 g/mol. The van der Waals surface area contributed by atoms with E-state index in [9.17, 15) is 15.0 Å². The first-order chi connectivity index (χ1) is 6.36. The SMILES string of the molecule is C=C/C(=C\C(=O)CC)C(O)(O)C(N)O. The Morgan fingerprint density at radius 3 is 2.43 bits per heavy atom. The zero-order valence-corrected chi connectivity index (χ0v) is 7.97. The Kier molecular flexibility index (Phi) is 4.65. The second-order valence-electron chi connectivity index (χ2n) is 2.79. The Morgan fingerprint density at radius 1 is 1.64 bits per heavy atom. The van der Waals surface area contributed by atoms with Crippen LogP contribution in [0, 0.1) is 0 Å². The number of nitrogens with two attached hydrogens (primary N) is 1. The fraction of sp³-hybridized carbons (Fsp3) is 0.444. The van der Waals surface area contributed by atoms with Crippen molar-refractivity contribution in [2.75, 3.05) is 0 Å². The van der Waals surface area contributed by atoms with E-state index in [1.54, 1.807) is 6.92 Å². The molecule has 0 aromatic rings. The summed E-state index contributed by atoms with van der Waals surface area (Å²) in [6.45, 7) is 4.91. The van der Waals surface area contributed by atoms with Crippen LogP contribution in [0.15, 0.2) is 24.3 Å². The van der Waals surface area contributed by atoms with Crippen LogP contribution >= 0.6 is 0 Å². The van der Waals surface area contributed by atoms with Gasteiger partial charge in [0.15, 0.2) is 12.0 Å². The average molecular weight is 201 g/mol. The van der Waals surface area contributed by atoms with Gasteiger partial charge in [-0.15, -0.1) is 0 Å². The van der Waals surface area contributed by atoms with E-state index >= 15 is 0 Å². The molecule has 0 aromatic carbocycles. The summed E-state index contributed by atoms with van der Waals surface area (Å²) in [6.07, 6.45) is 0.372. The molecule has 0 amide bonds. The van der Waals surface area contributed by atoms with Crippen LogP contribution < -0.4 is 5.73 Å². The zero-order chi connectivity index (χ0) is 11.4. The normalized spacial score (nSPS) is 15.1. The monoisotopic (exact) mass is 201 g/mol. The van der Waals surface area contributed by atoms with E-state index in [0.717, 1.165) is 12.2 Å². The predicted octanol–water partition coefficient (Wildman–Crippen LogP) is -0.964. The van der Waals surface area contributed by atoms with Gasteiger partial charge in [-0.05, 0) is 6.08 Å². The highest BCUT2D eigenvalue weighted by atomic mass is 16.5. The predicted molar refractivity (Wildman–Crippen MR) is 50.9 cm³/mol. The number of ketones is 1. The fourth-order valence-corrected chi connectivity index (χ4v) is 0.762. The third-order valence-corrected chi connectivity index (χ3v) is 1.72. The molecule has 0 saturated heterocycles. The molecule has 5 nitrogen and oxygen atoms in total. The van der Waals surface area contributed by atoms with Crippen molar-refractivity contribution in [3.8, 4) is 0 Å². The lowest BCUT2D eigenvalue weighted by Crippen LogP contribution is -2.49. The van der Waals surface area contributed by atoms with Crippen LogP contribution in [0.25, 0.3) is 0 Å². The lowest BCUT2D eigenvalue weighted by molar-refractivity contribution is -0.192. The molecule has 0 saturated carbocycles. The highest BCUT2D eigenvalue weighted by Crippen LogP contribution is 2.17. The van der Waals surface area contributed by atoms with E-state index < -0.39 is 12.0 Å². The summed E-state index contributed by atoms with van der Waals surface area (Å²) in [6, 6.07) is 0. The van der Waals surface area contributed by atoms with Gasteiger partial charge < -0.3 is 21.1 Å². The summed E-state index contributed by atoms with van der Waals surface area (Å²) < 4.78 is 0. The van der Waals surface area contributed by atoms with Crippen molar-refractivity contribution in [1.82, 2.24) is 0 Å². The Bertz CT molecular complexity index is 256. The molecule has 0 aliphatic carbocycles. The van der Waals surface area contributed by atoms with Crippen molar-refractivity contribution < 1.29 is 20.1 Å². The fourth-order valence-electron chi connectivity index (χ4n) is 0.762. The van der Waals surface area contributed by atoms with Gasteiger partial charge in [-0.25, -0.2) is 0 Å². The van der Waals surface area contributed by atoms with Gasteiger partial charge in [0.2, 0.25) is 5.79 Å². The Morgan fingerprint density at radius 2 is 2.14 bits per heavy atom. The molecule has 0 aliphatic rings. The van der Waals surface area contributed by atoms with Crippen molar-refractivity contribution in [2.45, 2.75) is 25.4 Å². The lowest BCUT2D eigenvalue weighted by Gasteiger charge is -2.25. The number of aliphatic hydroxyl groups excluding tert-OH is 1. The highest BCUT2D eigenvalue weighted by molar-refractivity contribution is 5.90. The Hall–Kier alpha value is -1.01.